The molecular weight excluding hydrogens is 466 g/mol. The van der Waals surface area contributed by atoms with Gasteiger partial charge >= 0.3 is 0 Å². The Bertz CT molecular complexity index is 1180. The van der Waals surface area contributed by atoms with Crippen molar-refractivity contribution in [2.45, 2.75) is 48.9 Å². The number of piperidine rings is 1. The second-order valence-electron chi connectivity index (χ2n) is 7.70. The maximum Gasteiger partial charge on any atom is 0.246 e. The van der Waals surface area contributed by atoms with E-state index in [1.165, 1.54) is 41.6 Å². The number of nitrogens with zero attached hydrogens (tertiary/aromatic N) is 1. The van der Waals surface area contributed by atoms with Crippen LogP contribution in [0.4, 0.5) is 5.69 Å². The molecule has 33 heavy (non-hydrogen) atoms. The second kappa shape index (κ2) is 10.6. The van der Waals surface area contributed by atoms with Crippen LogP contribution in [0, 0.1) is 0 Å². The molecule has 3 rings (SSSR count). The summed E-state index contributed by atoms with van der Waals surface area (Å²) in [5.41, 5.74) is 0.227. The quantitative estimate of drug-likeness (QED) is 0.551. The number of anilines is 1. The Morgan fingerprint density at radius 3 is 2.33 bits per heavy atom. The Hall–Kier alpha value is -2.47. The minimum atomic E-state index is -3.89. The molecule has 180 valence electrons. The van der Waals surface area contributed by atoms with Gasteiger partial charge in [0.15, 0.2) is 0 Å². The predicted molar refractivity (Wildman–Crippen MR) is 125 cm³/mol. The van der Waals surface area contributed by atoms with E-state index in [4.69, 9.17) is 4.74 Å². The van der Waals surface area contributed by atoms with Crippen molar-refractivity contribution >= 4 is 31.6 Å². The highest BCUT2D eigenvalue weighted by Gasteiger charge is 2.30. The van der Waals surface area contributed by atoms with Gasteiger partial charge in [-0.1, -0.05) is 24.6 Å². The molecule has 9 nitrogen and oxygen atoms in total. The fraction of sp³-hybridized carbons (Fsp3) is 0.409. The van der Waals surface area contributed by atoms with Crippen LogP contribution in [0.25, 0.3) is 0 Å². The molecule has 0 aromatic heterocycles. The number of carbonyl (C=O) groups is 1. The van der Waals surface area contributed by atoms with Crippen molar-refractivity contribution in [1.82, 2.24) is 9.03 Å². The lowest BCUT2D eigenvalue weighted by Crippen LogP contribution is -2.41. The molecule has 11 heteroatoms. The first-order chi connectivity index (χ1) is 15.6. The summed E-state index contributed by atoms with van der Waals surface area (Å²) in [6.45, 7) is 4.32. The summed E-state index contributed by atoms with van der Waals surface area (Å²) >= 11 is 0. The summed E-state index contributed by atoms with van der Waals surface area (Å²) in [6, 6.07) is 11.0. The van der Waals surface area contributed by atoms with Gasteiger partial charge in [-0.2, -0.15) is 9.03 Å². The zero-order valence-corrected chi connectivity index (χ0v) is 20.3. The third kappa shape index (κ3) is 6.11. The molecule has 2 aromatic rings. The molecule has 1 amide bonds. The molecule has 1 atom stereocenters. The Kier molecular flexibility index (Phi) is 8.11. The first-order valence-electron chi connectivity index (χ1n) is 10.8. The van der Waals surface area contributed by atoms with E-state index < -0.39 is 32.0 Å². The van der Waals surface area contributed by atoms with Crippen molar-refractivity contribution in [2.75, 3.05) is 25.0 Å². The Morgan fingerprint density at radius 2 is 1.70 bits per heavy atom. The number of hydrogen-bond donors (Lipinski definition) is 2. The summed E-state index contributed by atoms with van der Waals surface area (Å²) < 4.78 is 60.7. The first kappa shape index (κ1) is 25.2. The predicted octanol–water partition coefficient (Wildman–Crippen LogP) is 2.57. The van der Waals surface area contributed by atoms with E-state index in [2.05, 4.69) is 10.0 Å². The molecule has 2 aromatic carbocycles. The smallest absolute Gasteiger partial charge is 0.246 e. The highest BCUT2D eigenvalue weighted by Crippen LogP contribution is 2.31. The van der Waals surface area contributed by atoms with E-state index >= 15 is 0 Å². The molecule has 1 aliphatic heterocycles. The molecule has 1 fully saturated rings. The highest BCUT2D eigenvalue weighted by molar-refractivity contribution is 7.89. The van der Waals surface area contributed by atoms with Crippen molar-refractivity contribution in [3.05, 3.63) is 48.5 Å². The van der Waals surface area contributed by atoms with E-state index in [1.54, 1.807) is 25.1 Å². The Balaban J connectivity index is 1.80. The van der Waals surface area contributed by atoms with Gasteiger partial charge in [-0.05, 0) is 57.0 Å². The first-order valence-corrected chi connectivity index (χ1v) is 13.7. The number of nitrogens with one attached hydrogen (secondary N) is 2. The SMILES string of the molecule is CCOc1ccc(NC(=O)[C@H](C)NS(=O)(=O)c2ccccc2)cc1S(=O)(=O)N1CCCCC1. The van der Waals surface area contributed by atoms with Gasteiger partial charge < -0.3 is 10.1 Å². The molecule has 0 bridgehead atoms. The van der Waals surface area contributed by atoms with Gasteiger partial charge in [-0.25, -0.2) is 16.8 Å². The van der Waals surface area contributed by atoms with Gasteiger partial charge in [-0.15, -0.1) is 0 Å². The van der Waals surface area contributed by atoms with Crippen LogP contribution in [-0.4, -0.2) is 52.8 Å². The molecule has 0 aliphatic carbocycles. The van der Waals surface area contributed by atoms with Crippen LogP contribution in [0.3, 0.4) is 0 Å². The van der Waals surface area contributed by atoms with Crippen LogP contribution in [0.15, 0.2) is 58.3 Å². The third-order valence-corrected chi connectivity index (χ3v) is 8.70. The fourth-order valence-electron chi connectivity index (χ4n) is 3.51. The van der Waals surface area contributed by atoms with Crippen LogP contribution in [0.2, 0.25) is 0 Å². The average Bonchev–Trinajstić information content (AvgIpc) is 2.81. The molecule has 2 N–H and O–H groups in total. The van der Waals surface area contributed by atoms with E-state index in [1.807, 2.05) is 0 Å². The molecule has 0 spiro atoms. The molecule has 1 saturated heterocycles. The van der Waals surface area contributed by atoms with E-state index in [0.717, 1.165) is 19.3 Å². The van der Waals surface area contributed by atoms with Crippen LogP contribution < -0.4 is 14.8 Å². The zero-order valence-electron chi connectivity index (χ0n) is 18.7. The molecule has 1 heterocycles. The van der Waals surface area contributed by atoms with Crippen LogP contribution in [0.5, 0.6) is 5.75 Å². The van der Waals surface area contributed by atoms with Gasteiger partial charge in [0.1, 0.15) is 10.6 Å². The van der Waals surface area contributed by atoms with Crippen molar-refractivity contribution in [3.63, 3.8) is 0 Å². The average molecular weight is 496 g/mol. The number of amides is 1. The van der Waals surface area contributed by atoms with E-state index in [9.17, 15) is 21.6 Å². The summed E-state index contributed by atoms with van der Waals surface area (Å²) in [5.74, 6) is -0.418. The maximum absolute atomic E-state index is 13.2. The van der Waals surface area contributed by atoms with Gasteiger partial charge in [0.05, 0.1) is 17.5 Å². The maximum atomic E-state index is 13.2. The molecule has 0 saturated carbocycles. The summed E-state index contributed by atoms with van der Waals surface area (Å²) in [5, 5.41) is 2.60. The Labute approximate surface area is 195 Å². The lowest BCUT2D eigenvalue weighted by Gasteiger charge is -2.27. The molecule has 0 radical (unpaired) electrons. The van der Waals surface area contributed by atoms with Crippen molar-refractivity contribution in [2.24, 2.45) is 0 Å². The summed E-state index contributed by atoms with van der Waals surface area (Å²) in [7, 11) is -7.70. The van der Waals surface area contributed by atoms with Crippen LogP contribution in [-0.2, 0) is 24.8 Å². The zero-order chi connectivity index (χ0) is 24.1. The number of hydrogen-bond acceptors (Lipinski definition) is 6. The minimum absolute atomic E-state index is 0.0263. The van der Waals surface area contributed by atoms with E-state index in [0.29, 0.717) is 13.1 Å². The van der Waals surface area contributed by atoms with Crippen molar-refractivity contribution in [3.8, 4) is 5.75 Å². The van der Waals surface area contributed by atoms with Crippen molar-refractivity contribution < 1.29 is 26.4 Å². The summed E-state index contributed by atoms with van der Waals surface area (Å²) in [6.07, 6.45) is 2.56. The van der Waals surface area contributed by atoms with Crippen LogP contribution >= 0.6 is 0 Å². The molecule has 0 unspecified atom stereocenters. The van der Waals surface area contributed by atoms with Crippen LogP contribution in [0.1, 0.15) is 33.1 Å². The number of ether oxygens (including phenoxy) is 1. The van der Waals surface area contributed by atoms with Gasteiger partial charge in [0, 0.05) is 18.8 Å². The molecule has 1 aliphatic rings. The van der Waals surface area contributed by atoms with Gasteiger partial charge in [0.25, 0.3) is 0 Å². The number of benzene rings is 2. The number of rotatable bonds is 9. The van der Waals surface area contributed by atoms with E-state index in [-0.39, 0.29) is 27.8 Å². The standard InChI is InChI=1S/C22H29N3O6S2/c1-3-31-20-13-12-18(16-21(20)33(29,30)25-14-8-5-9-15-25)23-22(26)17(2)24-32(27,28)19-10-6-4-7-11-19/h4,6-7,10-13,16-17,24H,3,5,8-9,14-15H2,1-2H3,(H,23,26)/t17-/m0/s1. The third-order valence-electron chi connectivity index (χ3n) is 5.22. The Morgan fingerprint density at radius 1 is 1.03 bits per heavy atom. The topological polar surface area (TPSA) is 122 Å². The molecular formula is C22H29N3O6S2. The second-order valence-corrected chi connectivity index (χ2v) is 11.3. The fourth-order valence-corrected chi connectivity index (χ4v) is 6.41. The number of sulfonamides is 2. The van der Waals surface area contributed by atoms with Gasteiger partial charge in [-0.3, -0.25) is 4.79 Å². The number of carbonyl (C=O) groups excluding carboxylic acids is 1. The monoisotopic (exact) mass is 495 g/mol. The van der Waals surface area contributed by atoms with Crippen molar-refractivity contribution in [1.29, 1.82) is 0 Å². The van der Waals surface area contributed by atoms with Gasteiger partial charge in [0.2, 0.25) is 26.0 Å². The lowest BCUT2D eigenvalue weighted by molar-refractivity contribution is -0.117. The minimum Gasteiger partial charge on any atom is -0.492 e. The summed E-state index contributed by atoms with van der Waals surface area (Å²) in [4.78, 5) is 12.7. The lowest BCUT2D eigenvalue weighted by atomic mass is 10.2. The highest BCUT2D eigenvalue weighted by atomic mass is 32.2. The largest absolute Gasteiger partial charge is 0.492 e. The normalized spacial score (nSPS) is 16.2.